The summed E-state index contributed by atoms with van der Waals surface area (Å²) in [7, 11) is 0. The van der Waals surface area contributed by atoms with Gasteiger partial charge in [0.2, 0.25) is 0 Å². The summed E-state index contributed by atoms with van der Waals surface area (Å²) in [4.78, 5) is 11.2. The molecule has 1 atom stereocenters. The van der Waals surface area contributed by atoms with Gasteiger partial charge in [0.1, 0.15) is 0 Å². The van der Waals surface area contributed by atoms with Crippen LogP contribution in [0.5, 0.6) is 0 Å². The van der Waals surface area contributed by atoms with Gasteiger partial charge in [0, 0.05) is 13.0 Å². The number of carboxylic acid groups (broad SMARTS) is 1. The summed E-state index contributed by atoms with van der Waals surface area (Å²) in [6.45, 7) is 6.53. The van der Waals surface area contributed by atoms with Crippen LogP contribution in [0.2, 0.25) is 0 Å². The number of hydrogen-bond donors (Lipinski definition) is 1. The van der Waals surface area contributed by atoms with E-state index in [1.54, 1.807) is 13.8 Å². The minimum absolute atomic E-state index is 0.325. The first-order valence-corrected chi connectivity index (χ1v) is 7.14. The maximum Gasteiger partial charge on any atom is 0.364 e. The van der Waals surface area contributed by atoms with Crippen LogP contribution in [0.25, 0.3) is 0 Å². The number of unbranched alkanes of at least 4 members (excludes halogenated alkanes) is 5. The SMILES string of the molecule is CCCCCCCCOC(CC)(OCC)C(=O)O. The molecular formula is C14H28O4. The van der Waals surface area contributed by atoms with Crippen molar-refractivity contribution in [3.05, 3.63) is 0 Å². The second-order valence-corrected chi connectivity index (χ2v) is 4.46. The smallest absolute Gasteiger partial charge is 0.364 e. The Morgan fingerprint density at radius 2 is 1.61 bits per heavy atom. The molecule has 0 amide bonds. The maximum absolute atomic E-state index is 11.2. The summed E-state index contributed by atoms with van der Waals surface area (Å²) in [5.41, 5.74) is 0. The van der Waals surface area contributed by atoms with E-state index < -0.39 is 11.8 Å². The van der Waals surface area contributed by atoms with Crippen molar-refractivity contribution in [1.82, 2.24) is 0 Å². The summed E-state index contributed by atoms with van der Waals surface area (Å²) in [6.07, 6.45) is 7.26. The number of ether oxygens (including phenoxy) is 2. The van der Waals surface area contributed by atoms with Crippen LogP contribution >= 0.6 is 0 Å². The first-order valence-electron chi connectivity index (χ1n) is 7.14. The van der Waals surface area contributed by atoms with Crippen LogP contribution in [0.1, 0.15) is 65.7 Å². The van der Waals surface area contributed by atoms with E-state index in [1.165, 1.54) is 25.7 Å². The van der Waals surface area contributed by atoms with Gasteiger partial charge in [-0.2, -0.15) is 0 Å². The lowest BCUT2D eigenvalue weighted by atomic mass is 10.1. The molecule has 0 aliphatic heterocycles. The summed E-state index contributed by atoms with van der Waals surface area (Å²) in [6, 6.07) is 0. The molecule has 0 saturated carbocycles. The molecular weight excluding hydrogens is 232 g/mol. The Hall–Kier alpha value is -0.610. The van der Waals surface area contributed by atoms with E-state index in [-0.39, 0.29) is 0 Å². The summed E-state index contributed by atoms with van der Waals surface area (Å²) >= 11 is 0. The van der Waals surface area contributed by atoms with E-state index in [1.807, 2.05) is 0 Å². The Labute approximate surface area is 111 Å². The molecule has 1 unspecified atom stereocenters. The number of aliphatic carboxylic acids is 1. The highest BCUT2D eigenvalue weighted by molar-refractivity contribution is 5.75. The van der Waals surface area contributed by atoms with Gasteiger partial charge in [0.25, 0.3) is 5.79 Å². The molecule has 108 valence electrons. The summed E-state index contributed by atoms with van der Waals surface area (Å²) < 4.78 is 10.7. The van der Waals surface area contributed by atoms with Gasteiger partial charge in [0.05, 0.1) is 6.61 Å². The molecule has 0 rings (SSSR count). The van der Waals surface area contributed by atoms with E-state index in [0.29, 0.717) is 19.6 Å². The summed E-state index contributed by atoms with van der Waals surface area (Å²) in [5.74, 6) is -2.48. The highest BCUT2D eigenvalue weighted by Gasteiger charge is 2.38. The van der Waals surface area contributed by atoms with Crippen LogP contribution in [-0.4, -0.2) is 30.1 Å². The molecule has 0 aliphatic rings. The van der Waals surface area contributed by atoms with Gasteiger partial charge in [-0.05, 0) is 13.3 Å². The zero-order valence-electron chi connectivity index (χ0n) is 12.0. The predicted molar refractivity (Wildman–Crippen MR) is 71.6 cm³/mol. The van der Waals surface area contributed by atoms with Crippen LogP contribution in [0, 0.1) is 0 Å². The van der Waals surface area contributed by atoms with E-state index >= 15 is 0 Å². The second-order valence-electron chi connectivity index (χ2n) is 4.46. The molecule has 0 aromatic heterocycles. The topological polar surface area (TPSA) is 55.8 Å². The average Bonchev–Trinajstić information content (AvgIpc) is 2.36. The highest BCUT2D eigenvalue weighted by Crippen LogP contribution is 2.19. The van der Waals surface area contributed by atoms with Crippen molar-refractivity contribution in [2.75, 3.05) is 13.2 Å². The molecule has 0 saturated heterocycles. The van der Waals surface area contributed by atoms with Crippen molar-refractivity contribution in [3.8, 4) is 0 Å². The summed E-state index contributed by atoms with van der Waals surface area (Å²) in [5, 5.41) is 9.18. The Kier molecular flexibility index (Phi) is 9.98. The fraction of sp³-hybridized carbons (Fsp3) is 0.929. The third-order valence-electron chi connectivity index (χ3n) is 3.00. The monoisotopic (exact) mass is 260 g/mol. The van der Waals surface area contributed by atoms with Crippen molar-refractivity contribution >= 4 is 5.97 Å². The van der Waals surface area contributed by atoms with Crippen LogP contribution in [0.15, 0.2) is 0 Å². The number of carbonyl (C=O) groups is 1. The van der Waals surface area contributed by atoms with E-state index in [0.717, 1.165) is 12.8 Å². The zero-order chi connectivity index (χ0) is 13.9. The van der Waals surface area contributed by atoms with E-state index in [4.69, 9.17) is 9.47 Å². The first kappa shape index (κ1) is 17.4. The largest absolute Gasteiger partial charge is 0.477 e. The Morgan fingerprint density at radius 3 is 2.11 bits per heavy atom. The van der Waals surface area contributed by atoms with Crippen molar-refractivity contribution in [2.24, 2.45) is 0 Å². The predicted octanol–water partition coefficient (Wildman–Crippen LogP) is 3.59. The van der Waals surface area contributed by atoms with Gasteiger partial charge in [-0.3, -0.25) is 0 Å². The van der Waals surface area contributed by atoms with Gasteiger partial charge in [0.15, 0.2) is 0 Å². The lowest BCUT2D eigenvalue weighted by Gasteiger charge is -2.27. The molecule has 0 bridgehead atoms. The van der Waals surface area contributed by atoms with Crippen molar-refractivity contribution in [3.63, 3.8) is 0 Å². The quantitative estimate of drug-likeness (QED) is 0.430. The van der Waals surface area contributed by atoms with Crippen molar-refractivity contribution in [1.29, 1.82) is 0 Å². The molecule has 0 aromatic carbocycles. The lowest BCUT2D eigenvalue weighted by Crippen LogP contribution is -2.44. The molecule has 0 fully saturated rings. The fourth-order valence-corrected chi connectivity index (χ4v) is 1.87. The normalized spacial score (nSPS) is 14.4. The first-order chi connectivity index (χ1) is 8.63. The van der Waals surface area contributed by atoms with E-state index in [2.05, 4.69) is 6.92 Å². The Balaban J connectivity index is 3.86. The van der Waals surface area contributed by atoms with Gasteiger partial charge in [-0.25, -0.2) is 4.79 Å². The van der Waals surface area contributed by atoms with Crippen molar-refractivity contribution < 1.29 is 19.4 Å². The Morgan fingerprint density at radius 1 is 1.00 bits per heavy atom. The fourth-order valence-electron chi connectivity index (χ4n) is 1.87. The molecule has 0 heterocycles. The van der Waals surface area contributed by atoms with Crippen LogP contribution in [-0.2, 0) is 14.3 Å². The molecule has 4 nitrogen and oxygen atoms in total. The van der Waals surface area contributed by atoms with Crippen LogP contribution in [0.3, 0.4) is 0 Å². The third-order valence-corrected chi connectivity index (χ3v) is 3.00. The van der Waals surface area contributed by atoms with Gasteiger partial charge in [-0.15, -0.1) is 0 Å². The second kappa shape index (κ2) is 10.3. The van der Waals surface area contributed by atoms with Gasteiger partial charge in [-0.1, -0.05) is 46.0 Å². The van der Waals surface area contributed by atoms with Crippen LogP contribution < -0.4 is 0 Å². The molecule has 0 spiro atoms. The van der Waals surface area contributed by atoms with E-state index in [9.17, 15) is 9.90 Å². The average molecular weight is 260 g/mol. The van der Waals surface area contributed by atoms with Crippen LogP contribution in [0.4, 0.5) is 0 Å². The van der Waals surface area contributed by atoms with Gasteiger partial charge < -0.3 is 14.6 Å². The minimum atomic E-state index is -1.45. The third kappa shape index (κ3) is 6.36. The zero-order valence-corrected chi connectivity index (χ0v) is 12.0. The molecule has 1 N–H and O–H groups in total. The molecule has 18 heavy (non-hydrogen) atoms. The lowest BCUT2D eigenvalue weighted by molar-refractivity contribution is -0.244. The number of hydrogen-bond acceptors (Lipinski definition) is 3. The number of rotatable bonds is 12. The standard InChI is InChI=1S/C14H28O4/c1-4-7-8-9-10-11-12-18-14(5-2,13(15)16)17-6-3/h4-12H2,1-3H3,(H,15,16). The Bertz CT molecular complexity index is 218. The van der Waals surface area contributed by atoms with Crippen molar-refractivity contribution in [2.45, 2.75) is 71.5 Å². The molecule has 4 heteroatoms. The molecule has 0 radical (unpaired) electrons. The maximum atomic E-state index is 11.2. The van der Waals surface area contributed by atoms with Gasteiger partial charge >= 0.3 is 5.97 Å². The number of carboxylic acids is 1. The highest BCUT2D eigenvalue weighted by atomic mass is 16.7. The molecule has 0 aliphatic carbocycles. The minimum Gasteiger partial charge on any atom is -0.477 e. The molecule has 0 aromatic rings.